The molecule has 0 saturated heterocycles. The van der Waals surface area contributed by atoms with Gasteiger partial charge in [-0.3, -0.25) is 4.79 Å². The quantitative estimate of drug-likeness (QED) is 0.527. The topological polar surface area (TPSA) is 96.9 Å². The molecule has 0 heterocycles. The Bertz CT molecular complexity index is 761. The van der Waals surface area contributed by atoms with Crippen molar-refractivity contribution >= 4 is 33.7 Å². The SMILES string of the molecule is CCCC(CCCC(CN=S(=O)=O)(C(=O)NC(=S)NC)c1ccccc1)OC. The lowest BCUT2D eigenvalue weighted by Gasteiger charge is -2.31. The number of benzene rings is 1. The summed E-state index contributed by atoms with van der Waals surface area (Å²) >= 11 is 5.08. The molecule has 0 bridgehead atoms. The highest BCUT2D eigenvalue weighted by Gasteiger charge is 2.40. The Morgan fingerprint density at radius 2 is 1.96 bits per heavy atom. The van der Waals surface area contributed by atoms with Crippen LogP contribution in [0.2, 0.25) is 0 Å². The lowest BCUT2D eigenvalue weighted by atomic mass is 9.75. The number of carbonyl (C=O) groups excluding carboxylic acids is 1. The van der Waals surface area contributed by atoms with Crippen LogP contribution >= 0.6 is 12.2 Å². The molecule has 28 heavy (non-hydrogen) atoms. The number of ether oxygens (including phenoxy) is 1. The summed E-state index contributed by atoms with van der Waals surface area (Å²) in [6.45, 7) is 1.91. The molecule has 0 aliphatic carbocycles. The second kappa shape index (κ2) is 12.6. The van der Waals surface area contributed by atoms with Gasteiger partial charge in [0.2, 0.25) is 5.91 Å². The van der Waals surface area contributed by atoms with Crippen molar-refractivity contribution < 1.29 is 17.9 Å². The summed E-state index contributed by atoms with van der Waals surface area (Å²) < 4.78 is 31.4. The summed E-state index contributed by atoms with van der Waals surface area (Å²) in [7, 11) is 0.674. The van der Waals surface area contributed by atoms with E-state index >= 15 is 0 Å². The number of rotatable bonds is 11. The molecule has 9 heteroatoms. The van der Waals surface area contributed by atoms with Gasteiger partial charge in [-0.25, -0.2) is 0 Å². The number of thiocarbonyl (C=S) groups is 1. The Balaban J connectivity index is 3.24. The Labute approximate surface area is 174 Å². The summed E-state index contributed by atoms with van der Waals surface area (Å²) in [5.74, 6) is -0.378. The molecule has 156 valence electrons. The molecule has 0 radical (unpaired) electrons. The Morgan fingerprint density at radius 1 is 1.29 bits per heavy atom. The van der Waals surface area contributed by atoms with Crippen LogP contribution < -0.4 is 10.6 Å². The fourth-order valence-corrected chi connectivity index (χ4v) is 3.59. The monoisotopic (exact) mass is 427 g/mol. The highest BCUT2D eigenvalue weighted by Crippen LogP contribution is 2.32. The minimum absolute atomic E-state index is 0.102. The number of hydrogen-bond acceptors (Lipinski definition) is 6. The van der Waals surface area contributed by atoms with Crippen molar-refractivity contribution in [2.75, 3.05) is 20.7 Å². The second-order valence-corrected chi connectivity index (χ2v) is 7.62. The maximum Gasteiger partial charge on any atom is 0.311 e. The van der Waals surface area contributed by atoms with E-state index in [2.05, 4.69) is 21.9 Å². The molecule has 1 rings (SSSR count). The lowest BCUT2D eigenvalue weighted by molar-refractivity contribution is -0.125. The van der Waals surface area contributed by atoms with Crippen molar-refractivity contribution in [3.8, 4) is 0 Å². The second-order valence-electron chi connectivity index (χ2n) is 6.52. The molecule has 1 aromatic rings. The van der Waals surface area contributed by atoms with Gasteiger partial charge < -0.3 is 15.4 Å². The molecule has 0 aliphatic heterocycles. The number of nitrogens with one attached hydrogen (secondary N) is 2. The predicted octanol–water partition coefficient (Wildman–Crippen LogP) is 2.59. The van der Waals surface area contributed by atoms with Crippen molar-refractivity contribution in [3.63, 3.8) is 0 Å². The zero-order valence-corrected chi connectivity index (χ0v) is 18.2. The van der Waals surface area contributed by atoms with E-state index in [4.69, 9.17) is 17.0 Å². The molecule has 2 atom stereocenters. The fraction of sp³-hybridized carbons (Fsp3) is 0.579. The summed E-state index contributed by atoms with van der Waals surface area (Å²) in [5, 5.41) is 5.55. The van der Waals surface area contributed by atoms with Gasteiger partial charge in [0.25, 0.3) is 0 Å². The van der Waals surface area contributed by atoms with Crippen LogP contribution in [0, 0.1) is 0 Å². The highest BCUT2D eigenvalue weighted by atomic mass is 32.2. The van der Waals surface area contributed by atoms with E-state index in [1.54, 1.807) is 14.2 Å². The average Bonchev–Trinajstić information content (AvgIpc) is 2.70. The Kier molecular flexibility index (Phi) is 10.9. The van der Waals surface area contributed by atoms with Gasteiger partial charge in [-0.05, 0) is 43.5 Å². The molecule has 2 N–H and O–H groups in total. The first-order valence-corrected chi connectivity index (χ1v) is 10.7. The molecule has 2 unspecified atom stereocenters. The molecule has 0 fully saturated rings. The van der Waals surface area contributed by atoms with Crippen LogP contribution in [0.15, 0.2) is 34.7 Å². The standard InChI is InChI=1S/C19H29N3O4S2/c1-4-9-16(26-3)12-8-13-19(14-21-28(24)25,15-10-6-5-7-11-15)17(23)22-18(27)20-2/h5-7,10-11,16H,4,8-9,12-14H2,1-3H3,(H2,20,22,23,27). The summed E-state index contributed by atoms with van der Waals surface area (Å²) in [6, 6.07) is 9.10. The van der Waals surface area contributed by atoms with Crippen LogP contribution in [0.1, 0.15) is 44.6 Å². The third kappa shape index (κ3) is 7.29. The molecular formula is C19H29N3O4S2. The van der Waals surface area contributed by atoms with E-state index in [1.807, 2.05) is 30.3 Å². The van der Waals surface area contributed by atoms with Gasteiger partial charge in [-0.15, -0.1) is 0 Å². The van der Waals surface area contributed by atoms with Crippen LogP contribution in [0.25, 0.3) is 0 Å². The smallest absolute Gasteiger partial charge is 0.311 e. The zero-order chi connectivity index (χ0) is 21.0. The van der Waals surface area contributed by atoms with Crippen molar-refractivity contribution in [2.45, 2.75) is 50.5 Å². The molecule has 0 aromatic heterocycles. The van der Waals surface area contributed by atoms with Gasteiger partial charge in [0, 0.05) is 14.2 Å². The van der Waals surface area contributed by atoms with Gasteiger partial charge in [-0.2, -0.15) is 12.8 Å². The van der Waals surface area contributed by atoms with E-state index < -0.39 is 15.9 Å². The number of methoxy groups -OCH3 is 1. The van der Waals surface area contributed by atoms with Gasteiger partial charge in [-0.1, -0.05) is 43.7 Å². The van der Waals surface area contributed by atoms with Gasteiger partial charge >= 0.3 is 10.5 Å². The normalized spacial score (nSPS) is 13.8. The van der Waals surface area contributed by atoms with E-state index in [0.717, 1.165) is 19.3 Å². The number of hydrogen-bond donors (Lipinski definition) is 2. The maximum atomic E-state index is 13.2. The summed E-state index contributed by atoms with van der Waals surface area (Å²) in [4.78, 5) is 13.2. The van der Waals surface area contributed by atoms with E-state index in [1.165, 1.54) is 0 Å². The van der Waals surface area contributed by atoms with Gasteiger partial charge in [0.15, 0.2) is 5.11 Å². The minimum atomic E-state index is -2.61. The Morgan fingerprint density at radius 3 is 2.50 bits per heavy atom. The molecule has 0 spiro atoms. The van der Waals surface area contributed by atoms with Crippen LogP contribution in [-0.4, -0.2) is 46.2 Å². The van der Waals surface area contributed by atoms with Crippen LogP contribution in [0.4, 0.5) is 0 Å². The van der Waals surface area contributed by atoms with E-state index in [0.29, 0.717) is 18.4 Å². The van der Waals surface area contributed by atoms with Crippen molar-refractivity contribution in [3.05, 3.63) is 35.9 Å². The molecule has 1 amide bonds. The molecule has 0 aliphatic rings. The lowest BCUT2D eigenvalue weighted by Crippen LogP contribution is -2.51. The molecular weight excluding hydrogens is 398 g/mol. The molecule has 1 aromatic carbocycles. The predicted molar refractivity (Wildman–Crippen MR) is 114 cm³/mol. The number of nitrogens with zero attached hydrogens (tertiary/aromatic N) is 1. The minimum Gasteiger partial charge on any atom is -0.381 e. The molecule has 0 saturated carbocycles. The van der Waals surface area contributed by atoms with E-state index in [9.17, 15) is 13.2 Å². The zero-order valence-electron chi connectivity index (χ0n) is 16.6. The third-order valence-corrected chi connectivity index (χ3v) is 5.37. The van der Waals surface area contributed by atoms with Crippen molar-refractivity contribution in [1.29, 1.82) is 0 Å². The number of carbonyl (C=O) groups is 1. The van der Waals surface area contributed by atoms with Crippen molar-refractivity contribution in [2.24, 2.45) is 4.36 Å². The maximum absolute atomic E-state index is 13.2. The van der Waals surface area contributed by atoms with Gasteiger partial charge in [0.05, 0.1) is 18.1 Å². The van der Waals surface area contributed by atoms with Crippen LogP contribution in [-0.2, 0) is 25.4 Å². The van der Waals surface area contributed by atoms with Gasteiger partial charge in [0.1, 0.15) is 0 Å². The molecule has 7 nitrogen and oxygen atoms in total. The van der Waals surface area contributed by atoms with Crippen LogP contribution in [0.3, 0.4) is 0 Å². The Hall–Kier alpha value is -1.84. The van der Waals surface area contributed by atoms with Crippen molar-refractivity contribution in [1.82, 2.24) is 10.6 Å². The first-order valence-electron chi connectivity index (χ1n) is 9.28. The summed E-state index contributed by atoms with van der Waals surface area (Å²) in [6.07, 6.45) is 3.89. The highest BCUT2D eigenvalue weighted by molar-refractivity contribution is 7.80. The fourth-order valence-electron chi connectivity index (χ4n) is 3.17. The summed E-state index contributed by atoms with van der Waals surface area (Å²) in [5.41, 5.74) is -0.447. The van der Waals surface area contributed by atoms with E-state index in [-0.39, 0.29) is 23.7 Å². The third-order valence-electron chi connectivity index (χ3n) is 4.73. The largest absolute Gasteiger partial charge is 0.381 e. The first-order chi connectivity index (χ1) is 13.4. The van der Waals surface area contributed by atoms with Crippen LogP contribution in [0.5, 0.6) is 0 Å². The first kappa shape index (κ1) is 24.2. The number of amides is 1. The average molecular weight is 428 g/mol.